The number of likely N-dealkylation sites (N-methyl/N-ethyl adjacent to an activating group) is 4. The van der Waals surface area contributed by atoms with E-state index in [-0.39, 0.29) is 64.8 Å². The number of aromatic nitrogens is 2. The standard InChI is InChI=1S/C73H97ClN14O15/c1-8-43(4)64-72(101)83(6)59(31-44-20-18-21-47(74)30-44)67(96)79-57(42-90)66(95)77-54(32-45-37-75-52-24-14-12-22-50(45)52)65(94)78-55(33-46-38-76-53-25-15-13-23-51(46)53)70(99)87-29-19-26-58(87)71(100)84(7)73(102)80-56(69(98)86-27-16-11-17-28-86)36-61(91)85(9-2)40-63(93)82(5)48(41-89)34-62(92)88-39-49(103-10-3)35-60(88)68(97)81-64/h12-15,18,20-25,30,37-38,43,48-49,54-60,64,75-76,89-90H,8-11,16-17,19,26-29,31-36,39-42H2,1-7H3,(H,77,95)(H,78,94)(H,79,96)(H,80,102)(H,81,97)/t43-,48-,49+,54-,55+,56-,57-,58-,59?,60-,64-/m0/s1. The number of hydrogen-bond acceptors (Lipinski definition) is 15. The SMILES string of the molecule is CCO[C@@H]1C[C@H]2C(=O)N[C@@H]([C@@H](C)CC)C(=O)N(C)C(Cc3cccc(Cl)c3)C(=O)N[C@@H](CO)C(=O)N[C@@H](Cc3c[nH]c4ccccc34)C(=O)N[C@H](Cc3c[nH]c4ccccc34)C(=O)N3CCC[C@H]3C(=O)N(C)C(=O)N[C@H](C(=O)N3CCCCC3)CC(=O)N(CC)CC(=O)N(C)[C@H](CO)CC(=O)N2C1. The lowest BCUT2D eigenvalue weighted by atomic mass is 9.95. The summed E-state index contributed by atoms with van der Waals surface area (Å²) in [5, 5.41) is 37.4. The van der Waals surface area contributed by atoms with E-state index in [4.69, 9.17) is 16.3 Å². The number of para-hydroxylation sites is 2. The predicted octanol–water partition coefficient (Wildman–Crippen LogP) is 2.14. The molecule has 0 aliphatic carbocycles. The van der Waals surface area contributed by atoms with Crippen LogP contribution >= 0.6 is 11.6 Å². The first-order valence-corrected chi connectivity index (χ1v) is 35.9. The molecule has 3 aromatic carbocycles. The van der Waals surface area contributed by atoms with Gasteiger partial charge in [-0.15, -0.1) is 0 Å². The molecule has 4 aliphatic heterocycles. The Kier molecular flexibility index (Phi) is 26.9. The minimum atomic E-state index is -1.80. The van der Waals surface area contributed by atoms with E-state index in [0.29, 0.717) is 75.9 Å². The van der Waals surface area contributed by atoms with Gasteiger partial charge in [0.15, 0.2) is 0 Å². The van der Waals surface area contributed by atoms with Crippen molar-refractivity contribution in [2.45, 2.75) is 165 Å². The number of piperidine rings is 1. The number of benzene rings is 3. The number of carbonyl (C=O) groups is 12. The smallest absolute Gasteiger partial charge is 0.324 e. The maximum atomic E-state index is 15.5. The fourth-order valence-corrected chi connectivity index (χ4v) is 14.3. The number of nitrogens with zero attached hydrogens (tertiary/aromatic N) is 7. The van der Waals surface area contributed by atoms with Gasteiger partial charge in [-0.25, -0.2) is 4.79 Å². The van der Waals surface area contributed by atoms with Crippen LogP contribution in [0.1, 0.15) is 102 Å². The van der Waals surface area contributed by atoms with Crippen LogP contribution in [0.2, 0.25) is 5.02 Å². The summed E-state index contributed by atoms with van der Waals surface area (Å²) >= 11 is 6.48. The summed E-state index contributed by atoms with van der Waals surface area (Å²) in [4.78, 5) is 193. The first-order chi connectivity index (χ1) is 49.4. The lowest BCUT2D eigenvalue weighted by Crippen LogP contribution is -2.62. The zero-order chi connectivity index (χ0) is 74.3. The molecule has 13 amide bonds. The minimum Gasteiger partial charge on any atom is -0.394 e. The van der Waals surface area contributed by atoms with Crippen LogP contribution in [0.25, 0.3) is 21.8 Å². The Morgan fingerprint density at radius 2 is 1.24 bits per heavy atom. The zero-order valence-electron chi connectivity index (χ0n) is 59.5. The maximum absolute atomic E-state index is 15.5. The fourth-order valence-electron chi connectivity index (χ4n) is 14.1. The van der Waals surface area contributed by atoms with Gasteiger partial charge in [0.1, 0.15) is 48.3 Å². The van der Waals surface area contributed by atoms with Crippen molar-refractivity contribution in [2.75, 3.05) is 80.2 Å². The molecule has 103 heavy (non-hydrogen) atoms. The summed E-state index contributed by atoms with van der Waals surface area (Å²) < 4.78 is 5.96. The van der Waals surface area contributed by atoms with E-state index in [1.54, 1.807) is 88.6 Å². The molecule has 4 fully saturated rings. The number of likely N-dealkylation sites (tertiary alicyclic amines) is 1. The molecular weight excluding hydrogens is 1350 g/mol. The van der Waals surface area contributed by atoms with E-state index in [1.807, 2.05) is 24.3 Å². The second kappa shape index (κ2) is 35.6. The van der Waals surface area contributed by atoms with E-state index < -0.39 is 170 Å². The van der Waals surface area contributed by atoms with Crippen molar-refractivity contribution in [3.63, 3.8) is 0 Å². The van der Waals surface area contributed by atoms with Crippen molar-refractivity contribution in [2.24, 2.45) is 5.92 Å². The molecule has 0 bridgehead atoms. The van der Waals surface area contributed by atoms with Gasteiger partial charge in [0, 0.05) is 132 Å². The van der Waals surface area contributed by atoms with Crippen LogP contribution in [-0.2, 0) is 76.7 Å². The number of carbonyl (C=O) groups excluding carboxylic acids is 12. The summed E-state index contributed by atoms with van der Waals surface area (Å²) in [7, 11) is 3.87. The van der Waals surface area contributed by atoms with Crippen molar-refractivity contribution in [3.8, 4) is 0 Å². The van der Waals surface area contributed by atoms with Crippen LogP contribution in [0, 0.1) is 5.92 Å². The molecule has 0 spiro atoms. The molecule has 5 aromatic rings. The van der Waals surface area contributed by atoms with Gasteiger partial charge in [-0.1, -0.05) is 80.4 Å². The van der Waals surface area contributed by atoms with Crippen LogP contribution < -0.4 is 26.6 Å². The highest BCUT2D eigenvalue weighted by atomic mass is 35.5. The average molecular weight is 1450 g/mol. The number of hydrogen-bond donors (Lipinski definition) is 9. The van der Waals surface area contributed by atoms with Crippen LogP contribution in [0.4, 0.5) is 4.79 Å². The monoisotopic (exact) mass is 1440 g/mol. The zero-order valence-corrected chi connectivity index (χ0v) is 60.2. The maximum Gasteiger partial charge on any atom is 0.324 e. The summed E-state index contributed by atoms with van der Waals surface area (Å²) in [6.45, 7) is 5.21. The molecule has 11 atom stereocenters. The fraction of sp³-hybridized carbons (Fsp3) is 0.534. The Morgan fingerprint density at radius 1 is 0.612 bits per heavy atom. The van der Waals surface area contributed by atoms with Gasteiger partial charge < -0.3 is 80.9 Å². The van der Waals surface area contributed by atoms with E-state index in [0.717, 1.165) is 26.0 Å². The average Bonchev–Trinajstić information content (AvgIpc) is 1.73. The molecule has 1 unspecified atom stereocenters. The van der Waals surface area contributed by atoms with Crippen molar-refractivity contribution in [1.29, 1.82) is 0 Å². The van der Waals surface area contributed by atoms with Crippen molar-refractivity contribution >= 4 is 104 Å². The van der Waals surface area contributed by atoms with Crippen molar-refractivity contribution < 1.29 is 72.5 Å². The van der Waals surface area contributed by atoms with Crippen LogP contribution in [0.3, 0.4) is 0 Å². The normalized spacial score (nSPS) is 25.5. The number of aliphatic hydroxyl groups excluding tert-OH is 2. The van der Waals surface area contributed by atoms with Crippen LogP contribution in [0.15, 0.2) is 85.2 Å². The molecule has 9 rings (SSSR count). The van der Waals surface area contributed by atoms with Crippen molar-refractivity contribution in [1.82, 2.24) is 70.9 Å². The summed E-state index contributed by atoms with van der Waals surface area (Å²) in [5.41, 5.74) is 3.03. The predicted molar refractivity (Wildman–Crippen MR) is 381 cm³/mol. The third kappa shape index (κ3) is 18.7. The van der Waals surface area contributed by atoms with Crippen LogP contribution in [-0.4, -0.2) is 266 Å². The highest BCUT2D eigenvalue weighted by molar-refractivity contribution is 6.30. The summed E-state index contributed by atoms with van der Waals surface area (Å²) in [6.07, 6.45) is 3.74. The van der Waals surface area contributed by atoms with Gasteiger partial charge >= 0.3 is 6.03 Å². The Hall–Kier alpha value is -9.45. The summed E-state index contributed by atoms with van der Waals surface area (Å²) in [6, 6.07) is 6.99. The number of amides is 13. The molecule has 4 saturated heterocycles. The largest absolute Gasteiger partial charge is 0.394 e. The second-order valence-corrected chi connectivity index (χ2v) is 27.6. The quantitative estimate of drug-likeness (QED) is 0.0769. The first kappa shape index (κ1) is 77.7. The number of aromatic amines is 2. The first-order valence-electron chi connectivity index (χ1n) is 35.5. The number of halogens is 1. The lowest BCUT2D eigenvalue weighted by molar-refractivity contribution is -0.146. The number of aliphatic hydroxyl groups is 2. The number of rotatable bonds is 14. The van der Waals surface area contributed by atoms with E-state index in [1.165, 1.54) is 35.8 Å². The number of urea groups is 1. The molecule has 2 aromatic heterocycles. The van der Waals surface area contributed by atoms with Gasteiger partial charge in [0.2, 0.25) is 59.1 Å². The Morgan fingerprint density at radius 3 is 1.86 bits per heavy atom. The number of imide groups is 1. The molecule has 0 radical (unpaired) electrons. The molecule has 4 aliphatic rings. The van der Waals surface area contributed by atoms with Gasteiger partial charge in [-0.2, -0.15) is 0 Å². The number of nitrogens with one attached hydrogen (secondary N) is 7. The van der Waals surface area contributed by atoms with E-state index >= 15 is 19.2 Å². The number of ether oxygens (including phenoxy) is 1. The molecule has 0 saturated carbocycles. The molecule has 30 heteroatoms. The van der Waals surface area contributed by atoms with E-state index in [2.05, 4.69) is 36.6 Å². The third-order valence-electron chi connectivity index (χ3n) is 20.5. The summed E-state index contributed by atoms with van der Waals surface area (Å²) in [5.74, 6) is -9.27. The highest BCUT2D eigenvalue weighted by Gasteiger charge is 2.46. The minimum absolute atomic E-state index is 0.00114. The number of H-pyrrole nitrogens is 2. The molecular formula is C73H97ClN14O15. The molecule has 556 valence electrons. The Bertz CT molecular complexity index is 3920. The molecule has 29 nitrogen and oxygen atoms in total. The Balaban J connectivity index is 1.10. The van der Waals surface area contributed by atoms with Crippen molar-refractivity contribution in [3.05, 3.63) is 107 Å². The molecule has 6 heterocycles. The van der Waals surface area contributed by atoms with Gasteiger partial charge in [0.05, 0.1) is 38.3 Å². The second-order valence-electron chi connectivity index (χ2n) is 27.2. The Labute approximate surface area is 603 Å². The van der Waals surface area contributed by atoms with Crippen LogP contribution in [0.5, 0.6) is 0 Å². The topological polar surface area (TPSA) is 369 Å². The third-order valence-corrected chi connectivity index (χ3v) is 20.7. The lowest BCUT2D eigenvalue weighted by Gasteiger charge is -2.35. The van der Waals surface area contributed by atoms with E-state index in [9.17, 15) is 48.6 Å². The molecule has 9 N–H and O–H groups in total. The van der Waals surface area contributed by atoms with Gasteiger partial charge in [-0.05, 0) is 92.8 Å². The highest BCUT2D eigenvalue weighted by Crippen LogP contribution is 2.28. The number of fused-ring (bicyclic) bond motifs is 4. The van der Waals surface area contributed by atoms with Gasteiger partial charge in [-0.3, -0.25) is 57.6 Å². The van der Waals surface area contributed by atoms with Gasteiger partial charge in [0.25, 0.3) is 5.91 Å².